The van der Waals surface area contributed by atoms with Gasteiger partial charge in [0.15, 0.2) is 10.1 Å². The maximum absolute atomic E-state index is 12.6. The second-order valence-electron chi connectivity index (χ2n) is 5.73. The van der Waals surface area contributed by atoms with Crippen molar-refractivity contribution >= 4 is 34.0 Å². The molecular formula is C18H19N3O2S2. The molecule has 1 N–H and O–H groups in total. The van der Waals surface area contributed by atoms with E-state index in [1.165, 1.54) is 28.7 Å². The highest BCUT2D eigenvalue weighted by Crippen LogP contribution is 2.30. The molecule has 5 nitrogen and oxygen atoms in total. The van der Waals surface area contributed by atoms with Gasteiger partial charge in [0, 0.05) is 5.56 Å². The molecule has 2 heterocycles. The monoisotopic (exact) mass is 373 g/mol. The molecule has 0 aliphatic carbocycles. The summed E-state index contributed by atoms with van der Waals surface area (Å²) in [7, 11) is 0. The minimum absolute atomic E-state index is 0.105. The van der Waals surface area contributed by atoms with Crippen LogP contribution in [0.3, 0.4) is 0 Å². The van der Waals surface area contributed by atoms with Gasteiger partial charge in [-0.3, -0.25) is 4.79 Å². The summed E-state index contributed by atoms with van der Waals surface area (Å²) in [6, 6.07) is 9.57. The number of furan rings is 1. The number of nitrogens with zero attached hydrogens (tertiary/aromatic N) is 2. The molecule has 7 heteroatoms. The van der Waals surface area contributed by atoms with E-state index >= 15 is 0 Å². The average Bonchev–Trinajstić information content (AvgIpc) is 3.26. The van der Waals surface area contributed by atoms with Gasteiger partial charge in [-0.05, 0) is 50.1 Å². The Morgan fingerprint density at radius 3 is 2.84 bits per heavy atom. The first-order valence-electron chi connectivity index (χ1n) is 7.91. The third-order valence-electron chi connectivity index (χ3n) is 3.84. The topological polar surface area (TPSA) is 68.0 Å². The van der Waals surface area contributed by atoms with Gasteiger partial charge in [0.1, 0.15) is 5.76 Å². The number of carbonyl (C=O) groups excluding carboxylic acids is 1. The molecule has 25 heavy (non-hydrogen) atoms. The number of ketones is 1. The van der Waals surface area contributed by atoms with Crippen LogP contribution in [-0.2, 0) is 6.54 Å². The third-order valence-corrected chi connectivity index (χ3v) is 5.90. The second kappa shape index (κ2) is 7.84. The molecule has 0 aliphatic heterocycles. The molecule has 0 fully saturated rings. The van der Waals surface area contributed by atoms with Gasteiger partial charge in [0.25, 0.3) is 0 Å². The first-order valence-corrected chi connectivity index (χ1v) is 9.60. The van der Waals surface area contributed by atoms with Crippen LogP contribution in [0.1, 0.15) is 34.2 Å². The van der Waals surface area contributed by atoms with Crippen LogP contribution < -0.4 is 5.32 Å². The number of aryl methyl sites for hydroxylation is 2. The van der Waals surface area contributed by atoms with Gasteiger partial charge < -0.3 is 9.73 Å². The molecule has 1 atom stereocenters. The molecule has 0 saturated carbocycles. The van der Waals surface area contributed by atoms with Gasteiger partial charge >= 0.3 is 0 Å². The van der Waals surface area contributed by atoms with Crippen molar-refractivity contribution in [2.45, 2.75) is 36.9 Å². The van der Waals surface area contributed by atoms with Crippen molar-refractivity contribution in [1.82, 2.24) is 10.2 Å². The molecule has 3 aromatic rings. The number of hydrogen-bond donors (Lipinski definition) is 1. The normalized spacial score (nSPS) is 12.1. The van der Waals surface area contributed by atoms with Crippen molar-refractivity contribution in [1.29, 1.82) is 0 Å². The Bertz CT molecular complexity index is 859. The third kappa shape index (κ3) is 4.49. The van der Waals surface area contributed by atoms with Crippen LogP contribution in [0.2, 0.25) is 0 Å². The fourth-order valence-corrected chi connectivity index (χ4v) is 4.21. The fourth-order valence-electron chi connectivity index (χ4n) is 2.24. The van der Waals surface area contributed by atoms with E-state index in [1.54, 1.807) is 6.26 Å². The summed E-state index contributed by atoms with van der Waals surface area (Å²) in [6.45, 7) is 6.52. The van der Waals surface area contributed by atoms with E-state index in [9.17, 15) is 4.79 Å². The minimum Gasteiger partial charge on any atom is -0.467 e. The summed E-state index contributed by atoms with van der Waals surface area (Å²) >= 11 is 2.87. The van der Waals surface area contributed by atoms with Gasteiger partial charge in [0.2, 0.25) is 5.13 Å². The largest absolute Gasteiger partial charge is 0.467 e. The van der Waals surface area contributed by atoms with Crippen molar-refractivity contribution in [3.8, 4) is 0 Å². The van der Waals surface area contributed by atoms with Crippen LogP contribution in [0.25, 0.3) is 0 Å². The minimum atomic E-state index is -0.215. The molecule has 0 bridgehead atoms. The number of Topliss-reactive ketones (excluding diaryl/α,β-unsaturated/α-hetero) is 1. The fraction of sp³-hybridized carbons (Fsp3) is 0.278. The first kappa shape index (κ1) is 17.7. The number of hydrogen-bond acceptors (Lipinski definition) is 7. The number of thioether (sulfide) groups is 1. The average molecular weight is 374 g/mol. The lowest BCUT2D eigenvalue weighted by Gasteiger charge is -2.09. The molecule has 0 unspecified atom stereocenters. The van der Waals surface area contributed by atoms with E-state index < -0.39 is 0 Å². The SMILES string of the molecule is Cc1ccc(C(=O)[C@H](C)Sc2nnc(NCc3ccco3)s2)cc1C. The lowest BCUT2D eigenvalue weighted by atomic mass is 10.0. The number of aromatic nitrogens is 2. The zero-order valence-corrected chi connectivity index (χ0v) is 15.9. The number of nitrogens with one attached hydrogen (secondary N) is 1. The van der Waals surface area contributed by atoms with Crippen LogP contribution in [0.15, 0.2) is 45.4 Å². The van der Waals surface area contributed by atoms with Crippen molar-refractivity contribution in [2.75, 3.05) is 5.32 Å². The molecule has 3 rings (SSSR count). The summed E-state index contributed by atoms with van der Waals surface area (Å²) < 4.78 is 6.04. The lowest BCUT2D eigenvalue weighted by molar-refractivity contribution is 0.0994. The highest BCUT2D eigenvalue weighted by atomic mass is 32.2. The van der Waals surface area contributed by atoms with Crippen LogP contribution in [0.4, 0.5) is 5.13 Å². The van der Waals surface area contributed by atoms with Gasteiger partial charge in [-0.15, -0.1) is 10.2 Å². The molecular weight excluding hydrogens is 354 g/mol. The van der Waals surface area contributed by atoms with E-state index in [-0.39, 0.29) is 11.0 Å². The van der Waals surface area contributed by atoms with Crippen molar-refractivity contribution in [3.05, 3.63) is 59.0 Å². The summed E-state index contributed by atoms with van der Waals surface area (Å²) in [5.74, 6) is 0.941. The molecule has 0 aliphatic rings. The molecule has 0 spiro atoms. The maximum atomic E-state index is 12.6. The van der Waals surface area contributed by atoms with Crippen LogP contribution in [0, 0.1) is 13.8 Å². The Balaban J connectivity index is 1.59. The smallest absolute Gasteiger partial charge is 0.206 e. The Hall–Kier alpha value is -2.12. The summed E-state index contributed by atoms with van der Waals surface area (Å²) in [5.41, 5.74) is 3.06. The highest BCUT2D eigenvalue weighted by Gasteiger charge is 2.19. The molecule has 0 radical (unpaired) electrons. The Labute approximate surface area is 154 Å². The van der Waals surface area contributed by atoms with Crippen LogP contribution >= 0.6 is 23.1 Å². The quantitative estimate of drug-likeness (QED) is 0.477. The first-order chi connectivity index (χ1) is 12.0. The number of rotatable bonds is 7. The van der Waals surface area contributed by atoms with Gasteiger partial charge in [-0.2, -0.15) is 0 Å². The Morgan fingerprint density at radius 1 is 1.28 bits per heavy atom. The van der Waals surface area contributed by atoms with Crippen molar-refractivity contribution in [3.63, 3.8) is 0 Å². The Morgan fingerprint density at radius 2 is 2.12 bits per heavy atom. The van der Waals surface area contributed by atoms with Gasteiger partial charge in [0.05, 0.1) is 18.1 Å². The molecule has 1 aromatic carbocycles. The summed E-state index contributed by atoms with van der Waals surface area (Å²) in [5, 5.41) is 11.9. The zero-order valence-electron chi connectivity index (χ0n) is 14.3. The van der Waals surface area contributed by atoms with E-state index in [4.69, 9.17) is 4.42 Å². The van der Waals surface area contributed by atoms with E-state index in [0.29, 0.717) is 11.7 Å². The van der Waals surface area contributed by atoms with Gasteiger partial charge in [-0.1, -0.05) is 35.2 Å². The van der Waals surface area contributed by atoms with E-state index in [0.717, 1.165) is 21.2 Å². The van der Waals surface area contributed by atoms with E-state index in [2.05, 4.69) is 15.5 Å². The molecule has 2 aromatic heterocycles. The number of anilines is 1. The predicted octanol–water partition coefficient (Wildman–Crippen LogP) is 4.72. The van der Waals surface area contributed by atoms with Crippen LogP contribution in [0.5, 0.6) is 0 Å². The summed E-state index contributed by atoms with van der Waals surface area (Å²) in [6.07, 6.45) is 1.64. The van der Waals surface area contributed by atoms with Gasteiger partial charge in [-0.25, -0.2) is 0 Å². The van der Waals surface area contributed by atoms with Crippen LogP contribution in [-0.4, -0.2) is 21.2 Å². The highest BCUT2D eigenvalue weighted by molar-refractivity contribution is 8.02. The number of carbonyl (C=O) groups is 1. The zero-order chi connectivity index (χ0) is 17.8. The predicted molar refractivity (Wildman–Crippen MR) is 102 cm³/mol. The van der Waals surface area contributed by atoms with Crippen molar-refractivity contribution < 1.29 is 9.21 Å². The summed E-state index contributed by atoms with van der Waals surface area (Å²) in [4.78, 5) is 12.6. The Kier molecular flexibility index (Phi) is 5.55. The molecule has 0 amide bonds. The molecule has 130 valence electrons. The maximum Gasteiger partial charge on any atom is 0.206 e. The number of benzene rings is 1. The second-order valence-corrected chi connectivity index (χ2v) is 8.29. The standard InChI is InChI=1S/C18H19N3O2S2/c1-11-6-7-14(9-12(11)2)16(22)13(3)24-18-21-20-17(25-18)19-10-15-5-4-8-23-15/h4-9,13H,10H2,1-3H3,(H,19,20)/t13-/m0/s1. The lowest BCUT2D eigenvalue weighted by Crippen LogP contribution is -2.13. The molecule has 0 saturated heterocycles. The van der Waals surface area contributed by atoms with Crippen molar-refractivity contribution in [2.24, 2.45) is 0 Å². The van der Waals surface area contributed by atoms with E-state index in [1.807, 2.05) is 51.1 Å².